The fraction of sp³-hybridized carbons (Fsp3) is 0.167. The van der Waals surface area contributed by atoms with Crippen molar-refractivity contribution in [2.75, 3.05) is 7.11 Å². The molecule has 1 aromatic rings. The van der Waals surface area contributed by atoms with Gasteiger partial charge in [0.25, 0.3) is 0 Å². The van der Waals surface area contributed by atoms with Gasteiger partial charge in [0, 0.05) is 12.4 Å². The maximum absolute atomic E-state index is 10.1. The molecule has 10 heavy (non-hydrogen) atoms. The number of rotatable bonds is 2. The van der Waals surface area contributed by atoms with E-state index in [4.69, 9.17) is 0 Å². The second-order valence-corrected chi connectivity index (χ2v) is 1.62. The summed E-state index contributed by atoms with van der Waals surface area (Å²) in [5.41, 5.74) is 0.445. The molecule has 0 saturated heterocycles. The van der Waals surface area contributed by atoms with Crippen LogP contribution in [0.15, 0.2) is 12.4 Å². The first-order valence-electron chi connectivity index (χ1n) is 2.68. The average Bonchev–Trinajstić information content (AvgIpc) is 2.05. The van der Waals surface area contributed by atoms with Crippen molar-refractivity contribution >= 4 is 6.29 Å². The summed E-state index contributed by atoms with van der Waals surface area (Å²) in [7, 11) is 1.47. The van der Waals surface area contributed by atoms with E-state index in [1.165, 1.54) is 19.5 Å². The largest absolute Gasteiger partial charge is 0.467 e. The van der Waals surface area contributed by atoms with Crippen molar-refractivity contribution in [2.45, 2.75) is 0 Å². The maximum atomic E-state index is 10.1. The zero-order valence-electron chi connectivity index (χ0n) is 5.44. The van der Waals surface area contributed by atoms with Crippen LogP contribution in [0.5, 0.6) is 6.01 Å². The third-order valence-electron chi connectivity index (χ3n) is 0.967. The Hall–Kier alpha value is -1.45. The van der Waals surface area contributed by atoms with E-state index < -0.39 is 0 Å². The number of methoxy groups -OCH3 is 1. The SMILES string of the molecule is COc1ncc(C=O)cn1. The number of ether oxygens (including phenoxy) is 1. The molecular weight excluding hydrogens is 132 g/mol. The number of hydrogen-bond donors (Lipinski definition) is 0. The average molecular weight is 138 g/mol. The third kappa shape index (κ3) is 1.28. The van der Waals surface area contributed by atoms with Crippen LogP contribution in [0.3, 0.4) is 0 Å². The highest BCUT2D eigenvalue weighted by Gasteiger charge is 1.92. The van der Waals surface area contributed by atoms with Crippen molar-refractivity contribution in [3.05, 3.63) is 18.0 Å². The highest BCUT2D eigenvalue weighted by atomic mass is 16.5. The van der Waals surface area contributed by atoms with Gasteiger partial charge in [-0.1, -0.05) is 0 Å². The molecule has 0 aromatic carbocycles. The zero-order valence-corrected chi connectivity index (χ0v) is 5.44. The van der Waals surface area contributed by atoms with Gasteiger partial charge >= 0.3 is 6.01 Å². The smallest absolute Gasteiger partial charge is 0.316 e. The van der Waals surface area contributed by atoms with Crippen molar-refractivity contribution in [2.24, 2.45) is 0 Å². The monoisotopic (exact) mass is 138 g/mol. The number of carbonyl (C=O) groups excluding carboxylic acids is 1. The van der Waals surface area contributed by atoms with Crippen LogP contribution < -0.4 is 4.74 Å². The molecule has 4 heteroatoms. The van der Waals surface area contributed by atoms with Crippen molar-refractivity contribution in [3.63, 3.8) is 0 Å². The van der Waals surface area contributed by atoms with E-state index in [1.54, 1.807) is 0 Å². The molecular formula is C6H6N2O2. The van der Waals surface area contributed by atoms with Gasteiger partial charge in [-0.15, -0.1) is 0 Å². The predicted octanol–water partition coefficient (Wildman–Crippen LogP) is 0.298. The van der Waals surface area contributed by atoms with Gasteiger partial charge in [-0.25, -0.2) is 9.97 Å². The van der Waals surface area contributed by atoms with Crippen LogP contribution in [0.2, 0.25) is 0 Å². The quantitative estimate of drug-likeness (QED) is 0.551. The molecule has 0 saturated carbocycles. The second-order valence-electron chi connectivity index (χ2n) is 1.62. The van der Waals surface area contributed by atoms with Crippen LogP contribution >= 0.6 is 0 Å². The third-order valence-corrected chi connectivity index (χ3v) is 0.967. The molecule has 0 atom stereocenters. The van der Waals surface area contributed by atoms with E-state index in [0.717, 1.165) is 0 Å². The molecule has 0 aliphatic carbocycles. The van der Waals surface area contributed by atoms with Gasteiger partial charge in [-0.05, 0) is 0 Å². The Bertz CT molecular complexity index is 220. The molecule has 0 radical (unpaired) electrons. The highest BCUT2D eigenvalue weighted by molar-refractivity contribution is 5.73. The molecule has 0 spiro atoms. The summed E-state index contributed by atoms with van der Waals surface area (Å²) >= 11 is 0. The first-order chi connectivity index (χ1) is 4.86. The Labute approximate surface area is 57.9 Å². The van der Waals surface area contributed by atoms with Crippen LogP contribution in [-0.4, -0.2) is 23.4 Å². The van der Waals surface area contributed by atoms with Gasteiger partial charge in [-0.3, -0.25) is 4.79 Å². The van der Waals surface area contributed by atoms with Crippen LogP contribution in [0.4, 0.5) is 0 Å². The lowest BCUT2D eigenvalue weighted by atomic mass is 10.4. The Balaban J connectivity index is 2.90. The van der Waals surface area contributed by atoms with Gasteiger partial charge < -0.3 is 4.74 Å². The van der Waals surface area contributed by atoms with Gasteiger partial charge in [0.2, 0.25) is 0 Å². The Morgan fingerprint density at radius 1 is 1.50 bits per heavy atom. The molecule has 0 amide bonds. The molecule has 52 valence electrons. The lowest BCUT2D eigenvalue weighted by Gasteiger charge is -1.93. The number of hydrogen-bond acceptors (Lipinski definition) is 4. The molecule has 1 aromatic heterocycles. The van der Waals surface area contributed by atoms with Crippen LogP contribution in [0.1, 0.15) is 10.4 Å². The molecule has 0 unspecified atom stereocenters. The summed E-state index contributed by atoms with van der Waals surface area (Å²) in [6.45, 7) is 0. The van der Waals surface area contributed by atoms with Gasteiger partial charge in [0.05, 0.1) is 12.7 Å². The fourth-order valence-corrected chi connectivity index (χ4v) is 0.492. The molecule has 1 rings (SSSR count). The Morgan fingerprint density at radius 2 is 2.10 bits per heavy atom. The predicted molar refractivity (Wildman–Crippen MR) is 34.0 cm³/mol. The summed E-state index contributed by atoms with van der Waals surface area (Å²) < 4.78 is 4.68. The Kier molecular flexibility index (Phi) is 1.94. The van der Waals surface area contributed by atoms with Crippen molar-refractivity contribution in [1.82, 2.24) is 9.97 Å². The first kappa shape index (κ1) is 6.67. The standard InChI is InChI=1S/C6H6N2O2/c1-10-6-7-2-5(4-9)3-8-6/h2-4H,1H3. The summed E-state index contributed by atoms with van der Waals surface area (Å²) in [6.07, 6.45) is 3.48. The normalized spacial score (nSPS) is 8.90. The van der Waals surface area contributed by atoms with E-state index in [2.05, 4.69) is 14.7 Å². The minimum absolute atomic E-state index is 0.269. The molecule has 0 N–H and O–H groups in total. The first-order valence-corrected chi connectivity index (χ1v) is 2.68. The maximum Gasteiger partial charge on any atom is 0.316 e. The molecule has 0 fully saturated rings. The summed E-state index contributed by atoms with van der Waals surface area (Å²) in [4.78, 5) is 17.5. The van der Waals surface area contributed by atoms with Crippen LogP contribution in [-0.2, 0) is 0 Å². The number of aromatic nitrogens is 2. The minimum atomic E-state index is 0.269. The van der Waals surface area contributed by atoms with E-state index >= 15 is 0 Å². The molecule has 0 aliphatic rings. The van der Waals surface area contributed by atoms with E-state index in [1.807, 2.05) is 0 Å². The zero-order chi connectivity index (χ0) is 7.40. The van der Waals surface area contributed by atoms with Gasteiger partial charge in [0.15, 0.2) is 6.29 Å². The van der Waals surface area contributed by atoms with Crippen molar-refractivity contribution in [3.8, 4) is 6.01 Å². The summed E-state index contributed by atoms with van der Waals surface area (Å²) in [5, 5.41) is 0. The van der Waals surface area contributed by atoms with Crippen molar-refractivity contribution in [1.29, 1.82) is 0 Å². The molecule has 4 nitrogen and oxygen atoms in total. The number of nitrogens with zero attached hydrogens (tertiary/aromatic N) is 2. The lowest BCUT2D eigenvalue weighted by molar-refractivity contribution is 0.112. The van der Waals surface area contributed by atoms with Crippen LogP contribution in [0.25, 0.3) is 0 Å². The minimum Gasteiger partial charge on any atom is -0.467 e. The van der Waals surface area contributed by atoms with Crippen molar-refractivity contribution < 1.29 is 9.53 Å². The number of aldehydes is 1. The van der Waals surface area contributed by atoms with Gasteiger partial charge in [0.1, 0.15) is 0 Å². The topological polar surface area (TPSA) is 52.1 Å². The van der Waals surface area contributed by atoms with E-state index in [0.29, 0.717) is 11.8 Å². The van der Waals surface area contributed by atoms with Crippen LogP contribution in [0, 0.1) is 0 Å². The van der Waals surface area contributed by atoms with Gasteiger partial charge in [-0.2, -0.15) is 0 Å². The second kappa shape index (κ2) is 2.91. The summed E-state index contributed by atoms with van der Waals surface area (Å²) in [6, 6.07) is 0.269. The molecule has 0 bridgehead atoms. The number of carbonyl (C=O) groups is 1. The summed E-state index contributed by atoms with van der Waals surface area (Å²) in [5.74, 6) is 0. The highest BCUT2D eigenvalue weighted by Crippen LogP contribution is 1.98. The fourth-order valence-electron chi connectivity index (χ4n) is 0.492. The van der Waals surface area contributed by atoms with E-state index in [-0.39, 0.29) is 6.01 Å². The molecule has 1 heterocycles. The van der Waals surface area contributed by atoms with E-state index in [9.17, 15) is 4.79 Å². The lowest BCUT2D eigenvalue weighted by Crippen LogP contribution is -1.92. The molecule has 0 aliphatic heterocycles. The Morgan fingerprint density at radius 3 is 2.50 bits per heavy atom.